The molecule has 1 aromatic rings. The molecule has 3 N–H and O–H groups in total. The van der Waals surface area contributed by atoms with Crippen molar-refractivity contribution in [2.75, 3.05) is 0 Å². The molecule has 1 aliphatic heterocycles. The minimum absolute atomic E-state index is 0.00509. The van der Waals surface area contributed by atoms with Crippen LogP contribution in [0.15, 0.2) is 36.1 Å². The third-order valence-corrected chi connectivity index (χ3v) is 4.05. The first kappa shape index (κ1) is 17.5. The second kappa shape index (κ2) is 7.15. The number of ether oxygens (including phenoxy) is 2. The van der Waals surface area contributed by atoms with E-state index < -0.39 is 12.2 Å². The molecule has 0 aromatic heterocycles. The van der Waals surface area contributed by atoms with Crippen LogP contribution in [0.3, 0.4) is 0 Å². The zero-order valence-corrected chi connectivity index (χ0v) is 13.9. The second-order valence-corrected chi connectivity index (χ2v) is 6.94. The summed E-state index contributed by atoms with van der Waals surface area (Å²) in [4.78, 5) is 11.5. The molecule has 0 bridgehead atoms. The van der Waals surface area contributed by atoms with Gasteiger partial charge in [-0.1, -0.05) is 45.0 Å². The van der Waals surface area contributed by atoms with Gasteiger partial charge in [0.1, 0.15) is 0 Å². The van der Waals surface area contributed by atoms with Crippen LogP contribution in [0.5, 0.6) is 0 Å². The predicted octanol–water partition coefficient (Wildman–Crippen LogP) is 2.47. The van der Waals surface area contributed by atoms with E-state index in [9.17, 15) is 4.79 Å². The first-order valence-electron chi connectivity index (χ1n) is 7.78. The minimum atomic E-state index is -0.570. The average Bonchev–Trinajstić information content (AvgIpc) is 2.52. The predicted molar refractivity (Wildman–Crippen MR) is 86.9 cm³/mol. The number of hydrogen-bond donors (Lipinski definition) is 2. The van der Waals surface area contributed by atoms with Gasteiger partial charge in [-0.2, -0.15) is 0 Å². The normalized spacial score (nSPS) is 21.5. The monoisotopic (exact) mass is 319 g/mol. The molecule has 0 radical (unpaired) electrons. The number of carbonyl (C=O) groups excluding carboxylic acids is 1. The van der Waals surface area contributed by atoms with Gasteiger partial charge in [-0.15, -0.1) is 0 Å². The highest BCUT2D eigenvalue weighted by Crippen LogP contribution is 2.36. The molecule has 0 saturated heterocycles. The molecule has 0 saturated carbocycles. The highest BCUT2D eigenvalue weighted by molar-refractivity contribution is 5.90. The zero-order valence-electron chi connectivity index (χ0n) is 13.9. The van der Waals surface area contributed by atoms with Crippen LogP contribution in [0.4, 0.5) is 0 Å². The number of hydrogen-bond acceptors (Lipinski definition) is 4. The van der Waals surface area contributed by atoms with Crippen LogP contribution in [-0.2, 0) is 27.5 Å². The molecule has 1 aromatic carbocycles. The molecule has 126 valence electrons. The number of rotatable bonds is 5. The number of nitrogens with two attached hydrogens (primary N) is 1. The van der Waals surface area contributed by atoms with Crippen LogP contribution in [0.2, 0.25) is 0 Å². The van der Waals surface area contributed by atoms with E-state index in [4.69, 9.17) is 20.3 Å². The highest BCUT2D eigenvalue weighted by Gasteiger charge is 2.33. The van der Waals surface area contributed by atoms with Crippen molar-refractivity contribution in [2.45, 2.75) is 46.7 Å². The van der Waals surface area contributed by atoms with Crippen molar-refractivity contribution in [1.29, 1.82) is 0 Å². The summed E-state index contributed by atoms with van der Waals surface area (Å²) in [6, 6.07) is 7.52. The number of carbonyl (C=O) groups is 1. The molecule has 23 heavy (non-hydrogen) atoms. The Bertz CT molecular complexity index is 572. The van der Waals surface area contributed by atoms with Gasteiger partial charge in [-0.25, -0.2) is 0 Å². The molecule has 0 aliphatic carbocycles. The largest absolute Gasteiger partial charge is 0.459 e. The fourth-order valence-corrected chi connectivity index (χ4v) is 2.46. The van der Waals surface area contributed by atoms with Crippen molar-refractivity contribution in [1.82, 2.24) is 0 Å². The lowest BCUT2D eigenvalue weighted by atomic mass is 9.77. The van der Waals surface area contributed by atoms with E-state index in [2.05, 4.69) is 20.8 Å². The Morgan fingerprint density at radius 2 is 1.91 bits per heavy atom. The summed E-state index contributed by atoms with van der Waals surface area (Å²) >= 11 is 0. The molecular weight excluding hydrogens is 294 g/mol. The Morgan fingerprint density at radius 3 is 2.43 bits per heavy atom. The van der Waals surface area contributed by atoms with Crippen LogP contribution >= 0.6 is 0 Å². The van der Waals surface area contributed by atoms with Gasteiger partial charge in [0, 0.05) is 6.42 Å². The topological polar surface area (TPSA) is 81.8 Å². The number of allylic oxidation sites excluding steroid dienone is 1. The molecule has 1 amide bonds. The standard InChI is InChI=1S/C18H25NO4/c1-18(2,3)14-8-15(17(19)21)23-16(9-14)22-11-13-6-4-12(10-20)5-7-13/h4-8,14,16,20H,9-11H2,1-3H3,(H2,19,21)/t14-,16+/m1/s1. The number of benzene rings is 1. The molecule has 2 rings (SSSR count). The summed E-state index contributed by atoms with van der Waals surface area (Å²) in [5.74, 6) is -0.239. The van der Waals surface area contributed by atoms with Crippen LogP contribution in [-0.4, -0.2) is 17.3 Å². The Labute approximate surface area is 137 Å². The molecule has 0 fully saturated rings. The Kier molecular flexibility index (Phi) is 5.44. The average molecular weight is 319 g/mol. The van der Waals surface area contributed by atoms with Gasteiger partial charge in [-0.3, -0.25) is 4.79 Å². The second-order valence-electron chi connectivity index (χ2n) is 6.94. The first-order valence-corrected chi connectivity index (χ1v) is 7.78. The van der Waals surface area contributed by atoms with Crippen LogP contribution in [0.25, 0.3) is 0 Å². The minimum Gasteiger partial charge on any atom is -0.459 e. The highest BCUT2D eigenvalue weighted by atomic mass is 16.7. The van der Waals surface area contributed by atoms with Crippen molar-refractivity contribution in [2.24, 2.45) is 17.1 Å². The van der Waals surface area contributed by atoms with Crippen LogP contribution < -0.4 is 5.73 Å². The van der Waals surface area contributed by atoms with E-state index in [1.807, 2.05) is 24.3 Å². The van der Waals surface area contributed by atoms with Crippen molar-refractivity contribution in [3.8, 4) is 0 Å². The first-order chi connectivity index (χ1) is 10.8. The number of amides is 1. The lowest BCUT2D eigenvalue weighted by molar-refractivity contribution is -0.156. The quantitative estimate of drug-likeness (QED) is 0.873. The maximum Gasteiger partial charge on any atom is 0.283 e. The van der Waals surface area contributed by atoms with Gasteiger partial charge in [0.05, 0.1) is 13.2 Å². The van der Waals surface area contributed by atoms with Crippen molar-refractivity contribution in [3.05, 3.63) is 47.2 Å². The van der Waals surface area contributed by atoms with E-state index in [0.717, 1.165) is 11.1 Å². The Balaban J connectivity index is 2.02. The Morgan fingerprint density at radius 1 is 1.30 bits per heavy atom. The van der Waals surface area contributed by atoms with Gasteiger partial charge in [0.25, 0.3) is 5.91 Å². The van der Waals surface area contributed by atoms with Crippen molar-refractivity contribution in [3.63, 3.8) is 0 Å². The van der Waals surface area contributed by atoms with E-state index in [0.29, 0.717) is 13.0 Å². The summed E-state index contributed by atoms with van der Waals surface area (Å²) < 4.78 is 11.4. The van der Waals surface area contributed by atoms with Gasteiger partial charge < -0.3 is 20.3 Å². The summed E-state index contributed by atoms with van der Waals surface area (Å²) in [6.45, 7) is 6.74. The lowest BCUT2D eigenvalue weighted by Gasteiger charge is -2.35. The van der Waals surface area contributed by atoms with E-state index >= 15 is 0 Å². The van der Waals surface area contributed by atoms with E-state index in [1.165, 1.54) is 0 Å². The zero-order chi connectivity index (χ0) is 17.0. The molecule has 5 heteroatoms. The lowest BCUT2D eigenvalue weighted by Crippen LogP contribution is -2.34. The number of aliphatic hydroxyl groups is 1. The molecule has 2 atom stereocenters. The summed E-state index contributed by atoms with van der Waals surface area (Å²) in [6.07, 6.45) is 1.98. The van der Waals surface area contributed by atoms with Crippen LogP contribution in [0, 0.1) is 11.3 Å². The fraction of sp³-hybridized carbons (Fsp3) is 0.500. The van der Waals surface area contributed by atoms with Gasteiger partial charge in [0.15, 0.2) is 5.76 Å². The van der Waals surface area contributed by atoms with E-state index in [1.54, 1.807) is 6.08 Å². The van der Waals surface area contributed by atoms with Gasteiger partial charge >= 0.3 is 0 Å². The third kappa shape index (κ3) is 4.81. The SMILES string of the molecule is CC(C)(C)[C@@H]1C=C(C(N)=O)O[C@H](OCc2ccc(CO)cc2)C1. The van der Waals surface area contributed by atoms with Gasteiger partial charge in [0.2, 0.25) is 6.29 Å². The third-order valence-electron chi connectivity index (χ3n) is 4.05. The molecule has 0 spiro atoms. The maximum atomic E-state index is 11.5. The maximum absolute atomic E-state index is 11.5. The van der Waals surface area contributed by atoms with Crippen molar-refractivity contribution >= 4 is 5.91 Å². The van der Waals surface area contributed by atoms with E-state index in [-0.39, 0.29) is 23.7 Å². The fourth-order valence-electron chi connectivity index (χ4n) is 2.46. The number of primary amides is 1. The van der Waals surface area contributed by atoms with Crippen molar-refractivity contribution < 1.29 is 19.4 Å². The number of aliphatic hydroxyl groups excluding tert-OH is 1. The smallest absolute Gasteiger partial charge is 0.283 e. The summed E-state index contributed by atoms with van der Waals surface area (Å²) in [5, 5.41) is 9.05. The molecule has 0 unspecified atom stereocenters. The molecule has 5 nitrogen and oxygen atoms in total. The summed E-state index contributed by atoms with van der Waals surface area (Å²) in [5.41, 5.74) is 7.19. The van der Waals surface area contributed by atoms with Crippen LogP contribution in [0.1, 0.15) is 38.3 Å². The summed E-state index contributed by atoms with van der Waals surface area (Å²) in [7, 11) is 0. The molecular formula is C18H25NO4. The molecule has 1 heterocycles. The molecule has 1 aliphatic rings. The van der Waals surface area contributed by atoms with Gasteiger partial charge in [-0.05, 0) is 28.5 Å². The Hall–Kier alpha value is -1.85.